The first-order chi connectivity index (χ1) is 9.13. The van der Waals surface area contributed by atoms with Crippen LogP contribution < -0.4 is 10.1 Å². The molecule has 0 bridgehead atoms. The zero-order chi connectivity index (χ0) is 13.8. The maximum Gasteiger partial charge on any atom is 0.123 e. The van der Waals surface area contributed by atoms with Gasteiger partial charge in [0.15, 0.2) is 0 Å². The summed E-state index contributed by atoms with van der Waals surface area (Å²) in [5.74, 6) is 0.937. The van der Waals surface area contributed by atoms with Gasteiger partial charge in [-0.1, -0.05) is 19.1 Å². The second kappa shape index (κ2) is 6.40. The van der Waals surface area contributed by atoms with Gasteiger partial charge >= 0.3 is 0 Å². The van der Waals surface area contributed by atoms with Crippen molar-refractivity contribution in [1.82, 2.24) is 5.32 Å². The molecule has 1 aliphatic rings. The number of benzene rings is 1. The molecule has 0 fully saturated rings. The fourth-order valence-corrected chi connectivity index (χ4v) is 2.56. The molecule has 0 aromatic heterocycles. The molecule has 3 nitrogen and oxygen atoms in total. The first kappa shape index (κ1) is 14.4. The minimum Gasteiger partial charge on any atom is -0.488 e. The molecule has 3 atom stereocenters. The summed E-state index contributed by atoms with van der Waals surface area (Å²) in [6.07, 6.45) is 2.72. The third-order valence-electron chi connectivity index (χ3n) is 3.86. The van der Waals surface area contributed by atoms with E-state index in [1.54, 1.807) is 6.92 Å². The van der Waals surface area contributed by atoms with Crippen molar-refractivity contribution >= 4 is 0 Å². The van der Waals surface area contributed by atoms with Crippen molar-refractivity contribution in [1.29, 1.82) is 0 Å². The van der Waals surface area contributed by atoms with Gasteiger partial charge in [0.2, 0.25) is 0 Å². The van der Waals surface area contributed by atoms with E-state index in [2.05, 4.69) is 24.4 Å². The lowest BCUT2D eigenvalue weighted by Gasteiger charge is -2.20. The van der Waals surface area contributed by atoms with Crippen LogP contribution in [0.1, 0.15) is 50.8 Å². The van der Waals surface area contributed by atoms with Gasteiger partial charge in [0, 0.05) is 6.04 Å². The quantitative estimate of drug-likeness (QED) is 0.829. The van der Waals surface area contributed by atoms with Crippen molar-refractivity contribution in [3.63, 3.8) is 0 Å². The molecule has 0 heterocycles. The van der Waals surface area contributed by atoms with Gasteiger partial charge in [0.1, 0.15) is 11.9 Å². The predicted octanol–water partition coefficient (Wildman–Crippen LogP) is 2.82. The lowest BCUT2D eigenvalue weighted by Crippen LogP contribution is -2.26. The first-order valence-corrected chi connectivity index (χ1v) is 7.33. The molecule has 1 aliphatic carbocycles. The van der Waals surface area contributed by atoms with Crippen molar-refractivity contribution < 1.29 is 9.84 Å². The van der Waals surface area contributed by atoms with Gasteiger partial charge in [-0.2, -0.15) is 0 Å². The van der Waals surface area contributed by atoms with E-state index in [0.717, 1.165) is 31.6 Å². The number of aliphatic hydroxyl groups is 1. The summed E-state index contributed by atoms with van der Waals surface area (Å²) in [5.41, 5.74) is 2.67. The maximum atomic E-state index is 9.56. The van der Waals surface area contributed by atoms with Gasteiger partial charge in [0.05, 0.1) is 6.10 Å². The van der Waals surface area contributed by atoms with E-state index in [1.165, 1.54) is 11.1 Å². The summed E-state index contributed by atoms with van der Waals surface area (Å²) in [6, 6.07) is 6.71. The molecule has 1 aromatic rings. The molecule has 106 valence electrons. The monoisotopic (exact) mass is 263 g/mol. The van der Waals surface area contributed by atoms with Crippen LogP contribution in [0.25, 0.3) is 0 Å². The topological polar surface area (TPSA) is 41.5 Å². The molecule has 0 radical (unpaired) electrons. The SMILES string of the molecule is CCCNC1CCc2c(OC(C)C(C)O)cccc21. The second-order valence-electron chi connectivity index (χ2n) is 5.43. The molecular weight excluding hydrogens is 238 g/mol. The molecule has 2 N–H and O–H groups in total. The number of ether oxygens (including phenoxy) is 1. The van der Waals surface area contributed by atoms with E-state index in [1.807, 2.05) is 13.0 Å². The summed E-state index contributed by atoms with van der Waals surface area (Å²) in [6.45, 7) is 6.91. The molecule has 0 saturated carbocycles. The number of hydrogen-bond acceptors (Lipinski definition) is 3. The molecule has 0 spiro atoms. The second-order valence-corrected chi connectivity index (χ2v) is 5.43. The van der Waals surface area contributed by atoms with E-state index >= 15 is 0 Å². The Morgan fingerprint density at radius 1 is 1.42 bits per heavy atom. The van der Waals surface area contributed by atoms with Crippen LogP contribution in [0.15, 0.2) is 18.2 Å². The van der Waals surface area contributed by atoms with E-state index in [0.29, 0.717) is 6.04 Å². The Bertz CT molecular complexity index is 417. The van der Waals surface area contributed by atoms with Crippen LogP contribution in [0.5, 0.6) is 5.75 Å². The van der Waals surface area contributed by atoms with Crippen molar-refractivity contribution in [3.05, 3.63) is 29.3 Å². The van der Waals surface area contributed by atoms with Gasteiger partial charge in [-0.05, 0) is 56.8 Å². The molecule has 0 saturated heterocycles. The molecular formula is C16H25NO2. The minimum atomic E-state index is -0.453. The third kappa shape index (κ3) is 3.28. The highest BCUT2D eigenvalue weighted by molar-refractivity contribution is 5.45. The van der Waals surface area contributed by atoms with Crippen LogP contribution in [0.2, 0.25) is 0 Å². The Kier molecular flexibility index (Phi) is 4.83. The molecule has 3 unspecified atom stereocenters. The van der Waals surface area contributed by atoms with Crippen LogP contribution in [-0.2, 0) is 6.42 Å². The third-order valence-corrected chi connectivity index (χ3v) is 3.86. The fraction of sp³-hybridized carbons (Fsp3) is 0.625. The minimum absolute atomic E-state index is 0.172. The summed E-state index contributed by atoms with van der Waals surface area (Å²) >= 11 is 0. The summed E-state index contributed by atoms with van der Waals surface area (Å²) in [4.78, 5) is 0. The lowest BCUT2D eigenvalue weighted by molar-refractivity contribution is 0.0599. The van der Waals surface area contributed by atoms with Crippen molar-refractivity contribution in [2.75, 3.05) is 6.54 Å². The molecule has 2 rings (SSSR count). The average Bonchev–Trinajstić information content (AvgIpc) is 2.80. The highest BCUT2D eigenvalue weighted by atomic mass is 16.5. The highest BCUT2D eigenvalue weighted by Crippen LogP contribution is 2.37. The Hall–Kier alpha value is -1.06. The molecule has 19 heavy (non-hydrogen) atoms. The van der Waals surface area contributed by atoms with Crippen LogP contribution >= 0.6 is 0 Å². The summed E-state index contributed by atoms with van der Waals surface area (Å²) < 4.78 is 5.89. The normalized spacial score (nSPS) is 20.9. The highest BCUT2D eigenvalue weighted by Gasteiger charge is 2.25. The zero-order valence-electron chi connectivity index (χ0n) is 12.1. The zero-order valence-corrected chi connectivity index (χ0v) is 12.1. The molecule has 3 heteroatoms. The largest absolute Gasteiger partial charge is 0.488 e. The number of fused-ring (bicyclic) bond motifs is 1. The van der Waals surface area contributed by atoms with Crippen molar-refractivity contribution in [2.24, 2.45) is 0 Å². The van der Waals surface area contributed by atoms with Gasteiger partial charge in [-0.3, -0.25) is 0 Å². The Morgan fingerprint density at radius 3 is 2.89 bits per heavy atom. The van der Waals surface area contributed by atoms with Gasteiger partial charge < -0.3 is 15.2 Å². The lowest BCUT2D eigenvalue weighted by atomic mass is 10.1. The summed E-state index contributed by atoms with van der Waals surface area (Å²) in [7, 11) is 0. The van der Waals surface area contributed by atoms with Gasteiger partial charge in [-0.25, -0.2) is 0 Å². The molecule has 1 aromatic carbocycles. The fourth-order valence-electron chi connectivity index (χ4n) is 2.56. The van der Waals surface area contributed by atoms with E-state index in [-0.39, 0.29) is 6.10 Å². The Balaban J connectivity index is 2.14. The van der Waals surface area contributed by atoms with Crippen LogP contribution in [0.4, 0.5) is 0 Å². The first-order valence-electron chi connectivity index (χ1n) is 7.33. The standard InChI is InChI=1S/C16H25NO2/c1-4-10-17-15-9-8-14-13(15)6-5-7-16(14)19-12(3)11(2)18/h5-7,11-12,15,17-18H,4,8-10H2,1-3H3. The van der Waals surface area contributed by atoms with Gasteiger partial charge in [-0.15, -0.1) is 0 Å². The smallest absolute Gasteiger partial charge is 0.123 e. The predicted molar refractivity (Wildman–Crippen MR) is 77.6 cm³/mol. The van der Waals surface area contributed by atoms with Gasteiger partial charge in [0.25, 0.3) is 0 Å². The number of aliphatic hydroxyl groups excluding tert-OH is 1. The van der Waals surface area contributed by atoms with E-state index < -0.39 is 6.10 Å². The molecule has 0 amide bonds. The van der Waals surface area contributed by atoms with Crippen LogP contribution in [0, 0.1) is 0 Å². The summed E-state index contributed by atoms with van der Waals surface area (Å²) in [5, 5.41) is 13.1. The van der Waals surface area contributed by atoms with Crippen LogP contribution in [-0.4, -0.2) is 23.9 Å². The van der Waals surface area contributed by atoms with Crippen molar-refractivity contribution in [2.45, 2.75) is 58.3 Å². The number of rotatable bonds is 6. The average molecular weight is 263 g/mol. The van der Waals surface area contributed by atoms with E-state index in [9.17, 15) is 5.11 Å². The Morgan fingerprint density at radius 2 is 2.21 bits per heavy atom. The van der Waals surface area contributed by atoms with E-state index in [4.69, 9.17) is 4.74 Å². The Labute approximate surface area is 116 Å². The number of hydrogen-bond donors (Lipinski definition) is 2. The molecule has 0 aliphatic heterocycles. The number of nitrogens with one attached hydrogen (secondary N) is 1. The maximum absolute atomic E-state index is 9.56. The van der Waals surface area contributed by atoms with Crippen LogP contribution in [0.3, 0.4) is 0 Å². The van der Waals surface area contributed by atoms with Crippen molar-refractivity contribution in [3.8, 4) is 5.75 Å².